The number of hydrogen-bond acceptors (Lipinski definition) is 4. The van der Waals surface area contributed by atoms with Crippen LogP contribution in [0.3, 0.4) is 0 Å². The summed E-state index contributed by atoms with van der Waals surface area (Å²) in [4.78, 5) is 26.3. The lowest BCUT2D eigenvalue weighted by molar-refractivity contribution is -0.118. The number of nitrogens with one attached hydrogen (secondary N) is 1. The van der Waals surface area contributed by atoms with Gasteiger partial charge in [-0.1, -0.05) is 30.3 Å². The van der Waals surface area contributed by atoms with Crippen molar-refractivity contribution in [2.75, 3.05) is 11.9 Å². The maximum Gasteiger partial charge on any atom is 0.253 e. The molecular formula is C25H26N4O3. The van der Waals surface area contributed by atoms with Gasteiger partial charge in [-0.3, -0.25) is 18.8 Å². The number of rotatable bonds is 6. The maximum atomic E-state index is 13.2. The van der Waals surface area contributed by atoms with Crippen LogP contribution in [0.1, 0.15) is 25.6 Å². The van der Waals surface area contributed by atoms with Gasteiger partial charge in [0.05, 0.1) is 12.3 Å². The highest BCUT2D eigenvalue weighted by Crippen LogP contribution is 2.30. The zero-order chi connectivity index (χ0) is 22.8. The van der Waals surface area contributed by atoms with Crippen LogP contribution in [0.5, 0.6) is 5.75 Å². The summed E-state index contributed by atoms with van der Waals surface area (Å²) in [5.74, 6) is 0.446. The zero-order valence-corrected chi connectivity index (χ0v) is 18.6. The van der Waals surface area contributed by atoms with Crippen LogP contribution in [0, 0.1) is 6.92 Å². The molecule has 0 radical (unpaired) electrons. The Bertz CT molecular complexity index is 1320. The molecule has 0 bridgehead atoms. The molecule has 1 amide bonds. The number of benzene rings is 2. The number of nitrogens with zero attached hydrogens (tertiary/aromatic N) is 3. The summed E-state index contributed by atoms with van der Waals surface area (Å²) < 4.78 is 8.61. The Balaban J connectivity index is 1.75. The summed E-state index contributed by atoms with van der Waals surface area (Å²) in [6.45, 7) is 6.12. The molecule has 1 atom stereocenters. The molecule has 2 heterocycles. The molecule has 4 rings (SSSR count). The summed E-state index contributed by atoms with van der Waals surface area (Å²) in [6.07, 6.45) is 0. The van der Waals surface area contributed by atoms with Crippen molar-refractivity contribution in [3.05, 3.63) is 76.7 Å². The van der Waals surface area contributed by atoms with E-state index in [1.54, 1.807) is 49.0 Å². The van der Waals surface area contributed by atoms with Crippen LogP contribution in [-0.2, 0) is 11.8 Å². The average Bonchev–Trinajstić information content (AvgIpc) is 3.08. The SMILES string of the molecule is CCOc1ccc(NC(=O)C(C)n2c(=O)cc(-c3ccccc3)c3c(C)nn(C)c32)cc1. The number of pyridine rings is 1. The molecule has 2 aromatic heterocycles. The standard InChI is InChI=1S/C25H26N4O3/c1-5-32-20-13-11-19(12-14-20)26-24(31)17(3)29-22(30)15-21(18-9-7-6-8-10-18)23-16(2)27-28(4)25(23)29/h6-15,17H,5H2,1-4H3,(H,26,31). The fourth-order valence-corrected chi connectivity index (χ4v) is 3.99. The predicted octanol–water partition coefficient (Wildman–Crippen LogP) is 4.31. The highest BCUT2D eigenvalue weighted by molar-refractivity contribution is 5.98. The van der Waals surface area contributed by atoms with Gasteiger partial charge >= 0.3 is 0 Å². The Labute approximate surface area is 186 Å². The summed E-state index contributed by atoms with van der Waals surface area (Å²) in [7, 11) is 1.79. The van der Waals surface area contributed by atoms with Crippen LogP contribution in [0.15, 0.2) is 65.5 Å². The fraction of sp³-hybridized carbons (Fsp3) is 0.240. The van der Waals surface area contributed by atoms with Gasteiger partial charge in [-0.25, -0.2) is 0 Å². The first kappa shape index (κ1) is 21.4. The first-order chi connectivity index (χ1) is 15.4. The van der Waals surface area contributed by atoms with Gasteiger partial charge in [-0.15, -0.1) is 0 Å². The lowest BCUT2D eigenvalue weighted by Gasteiger charge is -2.18. The summed E-state index contributed by atoms with van der Waals surface area (Å²) in [6, 6.07) is 17.7. The van der Waals surface area contributed by atoms with Gasteiger partial charge in [0.1, 0.15) is 17.4 Å². The second kappa shape index (κ2) is 8.70. The highest BCUT2D eigenvalue weighted by atomic mass is 16.5. The topological polar surface area (TPSA) is 78.2 Å². The van der Waals surface area contributed by atoms with E-state index in [9.17, 15) is 9.59 Å². The molecule has 1 unspecified atom stereocenters. The number of fused-ring (bicyclic) bond motifs is 1. The van der Waals surface area contributed by atoms with Crippen LogP contribution in [0.2, 0.25) is 0 Å². The van der Waals surface area contributed by atoms with Crippen LogP contribution >= 0.6 is 0 Å². The Kier molecular flexibility index (Phi) is 5.81. The molecular weight excluding hydrogens is 404 g/mol. The second-order valence-electron chi connectivity index (χ2n) is 7.66. The summed E-state index contributed by atoms with van der Waals surface area (Å²) >= 11 is 0. The van der Waals surface area contributed by atoms with Gasteiger partial charge < -0.3 is 10.1 Å². The summed E-state index contributed by atoms with van der Waals surface area (Å²) in [5.41, 5.74) is 3.54. The number of aromatic nitrogens is 3. The molecule has 0 fully saturated rings. The molecule has 4 aromatic rings. The molecule has 0 saturated carbocycles. The molecule has 0 saturated heterocycles. The van der Waals surface area contributed by atoms with E-state index in [1.807, 2.05) is 44.2 Å². The first-order valence-corrected chi connectivity index (χ1v) is 10.6. The summed E-state index contributed by atoms with van der Waals surface area (Å²) in [5, 5.41) is 8.29. The van der Waals surface area contributed by atoms with E-state index in [0.29, 0.717) is 17.9 Å². The Morgan fingerprint density at radius 3 is 2.47 bits per heavy atom. The Hall–Kier alpha value is -3.87. The molecule has 2 aromatic carbocycles. The van der Waals surface area contributed by atoms with Gasteiger partial charge in [0.2, 0.25) is 5.91 Å². The number of amides is 1. The zero-order valence-electron chi connectivity index (χ0n) is 18.6. The van der Waals surface area contributed by atoms with Crippen molar-refractivity contribution >= 4 is 22.6 Å². The third-order valence-electron chi connectivity index (χ3n) is 5.48. The minimum Gasteiger partial charge on any atom is -0.494 e. The number of aryl methyl sites for hydroxylation is 2. The van der Waals surface area contributed by atoms with Crippen molar-refractivity contribution in [2.45, 2.75) is 26.8 Å². The maximum absolute atomic E-state index is 13.2. The van der Waals surface area contributed by atoms with Crippen LogP contribution in [0.4, 0.5) is 5.69 Å². The molecule has 0 aliphatic heterocycles. The van der Waals surface area contributed by atoms with Gasteiger partial charge in [0, 0.05) is 24.2 Å². The van der Waals surface area contributed by atoms with Gasteiger partial charge in [-0.05, 0) is 56.2 Å². The third kappa shape index (κ3) is 3.89. The number of carbonyl (C=O) groups is 1. The molecule has 0 aliphatic carbocycles. The van der Waals surface area contributed by atoms with Crippen molar-refractivity contribution in [2.24, 2.45) is 7.05 Å². The minimum absolute atomic E-state index is 0.256. The fourth-order valence-electron chi connectivity index (χ4n) is 3.99. The van der Waals surface area contributed by atoms with Crippen LogP contribution in [-0.4, -0.2) is 26.9 Å². The molecule has 1 N–H and O–H groups in total. The Morgan fingerprint density at radius 2 is 1.81 bits per heavy atom. The van der Waals surface area contributed by atoms with Crippen molar-refractivity contribution in [1.82, 2.24) is 14.3 Å². The lowest BCUT2D eigenvalue weighted by Crippen LogP contribution is -2.32. The van der Waals surface area contributed by atoms with Gasteiger partial charge in [-0.2, -0.15) is 5.10 Å². The highest BCUT2D eigenvalue weighted by Gasteiger charge is 2.24. The number of hydrogen-bond donors (Lipinski definition) is 1. The third-order valence-corrected chi connectivity index (χ3v) is 5.48. The monoisotopic (exact) mass is 430 g/mol. The first-order valence-electron chi connectivity index (χ1n) is 10.6. The quantitative estimate of drug-likeness (QED) is 0.494. The van der Waals surface area contributed by atoms with Crippen molar-refractivity contribution in [3.8, 4) is 16.9 Å². The van der Waals surface area contributed by atoms with E-state index in [-0.39, 0.29) is 11.5 Å². The Morgan fingerprint density at radius 1 is 1.12 bits per heavy atom. The number of ether oxygens (including phenoxy) is 1. The molecule has 0 spiro atoms. The number of carbonyl (C=O) groups excluding carboxylic acids is 1. The largest absolute Gasteiger partial charge is 0.494 e. The van der Waals surface area contributed by atoms with E-state index < -0.39 is 6.04 Å². The average molecular weight is 431 g/mol. The molecule has 0 aliphatic rings. The predicted molar refractivity (Wildman–Crippen MR) is 126 cm³/mol. The van der Waals surface area contributed by atoms with Gasteiger partial charge in [0.25, 0.3) is 5.56 Å². The smallest absolute Gasteiger partial charge is 0.253 e. The van der Waals surface area contributed by atoms with Crippen molar-refractivity contribution < 1.29 is 9.53 Å². The normalized spacial score (nSPS) is 12.0. The molecule has 7 nitrogen and oxygen atoms in total. The molecule has 32 heavy (non-hydrogen) atoms. The van der Waals surface area contributed by atoms with E-state index in [4.69, 9.17) is 4.74 Å². The molecule has 7 heteroatoms. The van der Waals surface area contributed by atoms with E-state index in [0.717, 1.165) is 28.0 Å². The number of anilines is 1. The van der Waals surface area contributed by atoms with E-state index in [1.165, 1.54) is 4.57 Å². The van der Waals surface area contributed by atoms with Gasteiger partial charge in [0.15, 0.2) is 0 Å². The van der Waals surface area contributed by atoms with E-state index in [2.05, 4.69) is 10.4 Å². The van der Waals surface area contributed by atoms with Crippen molar-refractivity contribution in [1.29, 1.82) is 0 Å². The molecule has 164 valence electrons. The van der Waals surface area contributed by atoms with Crippen molar-refractivity contribution in [3.63, 3.8) is 0 Å². The minimum atomic E-state index is -0.740. The second-order valence-corrected chi connectivity index (χ2v) is 7.66. The van der Waals surface area contributed by atoms with E-state index >= 15 is 0 Å². The lowest BCUT2D eigenvalue weighted by atomic mass is 10.0. The van der Waals surface area contributed by atoms with Crippen LogP contribution in [0.25, 0.3) is 22.2 Å². The van der Waals surface area contributed by atoms with Crippen LogP contribution < -0.4 is 15.6 Å².